The SMILES string of the molecule is CC/C=C/C=C/C=C/C=C/C=C/CCCC(=O)OCC(COCCC(C(=O)O)[N+](C)(C)C)OC(=O)CC/C=C/C/C=C/C/C=C/C/C=C/C/C=C/C/C=C/CC. The highest BCUT2D eigenvalue weighted by molar-refractivity contribution is 5.72. The normalized spacial score (nSPS) is 14.4. The fourth-order valence-electron chi connectivity index (χ4n) is 4.85. The number of hydrogen-bond acceptors (Lipinski definition) is 6. The average Bonchev–Trinajstić information content (AvgIpc) is 3.15. The number of nitrogens with zero attached hydrogens (tertiary/aromatic N) is 1. The van der Waals surface area contributed by atoms with Gasteiger partial charge in [0.1, 0.15) is 6.61 Å². The van der Waals surface area contributed by atoms with Crippen molar-refractivity contribution in [3.8, 4) is 0 Å². The van der Waals surface area contributed by atoms with E-state index in [9.17, 15) is 19.5 Å². The van der Waals surface area contributed by atoms with E-state index in [0.29, 0.717) is 12.8 Å². The van der Waals surface area contributed by atoms with Crippen molar-refractivity contribution in [3.05, 3.63) is 134 Å². The number of hydrogen-bond donors (Lipinski definition) is 1. The van der Waals surface area contributed by atoms with Gasteiger partial charge in [-0.05, 0) is 64.2 Å². The topological polar surface area (TPSA) is 99.1 Å². The Morgan fingerprint density at radius 2 is 1.04 bits per heavy atom. The summed E-state index contributed by atoms with van der Waals surface area (Å²) in [6.07, 6.45) is 53.8. The van der Waals surface area contributed by atoms with E-state index in [4.69, 9.17) is 14.2 Å². The van der Waals surface area contributed by atoms with Crippen molar-refractivity contribution in [2.75, 3.05) is 41.0 Å². The Kier molecular flexibility index (Phi) is 34.4. The Hall–Kier alpha value is -4.53. The van der Waals surface area contributed by atoms with E-state index in [1.807, 2.05) is 88.0 Å². The number of quaternary nitrogens is 1. The van der Waals surface area contributed by atoms with Crippen molar-refractivity contribution in [2.45, 2.75) is 109 Å². The summed E-state index contributed by atoms with van der Waals surface area (Å²) in [7, 11) is 5.45. The molecule has 8 nitrogen and oxygen atoms in total. The third kappa shape index (κ3) is 35.2. The lowest BCUT2D eigenvalue weighted by atomic mass is 10.1. The first-order chi connectivity index (χ1) is 27.1. The van der Waals surface area contributed by atoms with Crippen LogP contribution in [-0.2, 0) is 28.6 Å². The number of likely N-dealkylation sites (N-methyl/N-ethyl adjacent to an activating group) is 1. The monoisotopic (exact) mass is 775 g/mol. The summed E-state index contributed by atoms with van der Waals surface area (Å²) < 4.78 is 17.0. The van der Waals surface area contributed by atoms with Crippen molar-refractivity contribution in [1.82, 2.24) is 0 Å². The van der Waals surface area contributed by atoms with Crippen LogP contribution in [-0.4, -0.2) is 80.6 Å². The van der Waals surface area contributed by atoms with Gasteiger partial charge in [-0.2, -0.15) is 0 Å². The second-order valence-corrected chi connectivity index (χ2v) is 13.9. The van der Waals surface area contributed by atoms with Crippen LogP contribution in [0.15, 0.2) is 134 Å². The molecule has 0 aromatic rings. The van der Waals surface area contributed by atoms with Crippen LogP contribution in [0, 0.1) is 0 Å². The average molecular weight is 775 g/mol. The zero-order valence-corrected chi connectivity index (χ0v) is 35.0. The maximum atomic E-state index is 12.7. The lowest BCUT2D eigenvalue weighted by Gasteiger charge is -2.31. The molecule has 0 fully saturated rings. The summed E-state index contributed by atoms with van der Waals surface area (Å²) in [6, 6.07) is -0.647. The summed E-state index contributed by atoms with van der Waals surface area (Å²) in [6.45, 7) is 4.27. The van der Waals surface area contributed by atoms with Crippen LogP contribution < -0.4 is 0 Å². The van der Waals surface area contributed by atoms with Gasteiger partial charge in [-0.15, -0.1) is 0 Å². The highest BCUT2D eigenvalue weighted by Gasteiger charge is 2.31. The van der Waals surface area contributed by atoms with Crippen molar-refractivity contribution < 1.29 is 38.2 Å². The molecule has 8 heteroatoms. The van der Waals surface area contributed by atoms with Gasteiger partial charge in [0.25, 0.3) is 0 Å². The zero-order valence-electron chi connectivity index (χ0n) is 35.0. The molecule has 0 radical (unpaired) electrons. The van der Waals surface area contributed by atoms with Crippen LogP contribution in [0.5, 0.6) is 0 Å². The van der Waals surface area contributed by atoms with Crippen LogP contribution in [0.2, 0.25) is 0 Å². The fraction of sp³-hybridized carbons (Fsp3) is 0.479. The largest absolute Gasteiger partial charge is 0.477 e. The third-order valence-electron chi connectivity index (χ3n) is 7.94. The maximum Gasteiger partial charge on any atom is 0.362 e. The van der Waals surface area contributed by atoms with Gasteiger partial charge >= 0.3 is 17.9 Å². The van der Waals surface area contributed by atoms with Gasteiger partial charge in [-0.3, -0.25) is 9.59 Å². The summed E-state index contributed by atoms with van der Waals surface area (Å²) in [5, 5.41) is 9.60. The van der Waals surface area contributed by atoms with E-state index in [1.165, 1.54) is 0 Å². The van der Waals surface area contributed by atoms with Crippen LogP contribution in [0.4, 0.5) is 0 Å². The van der Waals surface area contributed by atoms with Crippen LogP contribution in [0.1, 0.15) is 97.3 Å². The van der Waals surface area contributed by atoms with E-state index >= 15 is 0 Å². The highest BCUT2D eigenvalue weighted by Crippen LogP contribution is 2.10. The number of esters is 2. The Labute approximate surface area is 339 Å². The molecular formula is C48H72NO7+. The quantitative estimate of drug-likeness (QED) is 0.0233. The van der Waals surface area contributed by atoms with Crippen LogP contribution in [0.3, 0.4) is 0 Å². The van der Waals surface area contributed by atoms with E-state index in [0.717, 1.165) is 51.4 Å². The number of rotatable bonds is 33. The van der Waals surface area contributed by atoms with E-state index in [1.54, 1.807) is 0 Å². The molecule has 0 amide bonds. The molecule has 0 aliphatic rings. The van der Waals surface area contributed by atoms with Gasteiger partial charge in [-0.25, -0.2) is 4.79 Å². The predicted molar refractivity (Wildman–Crippen MR) is 233 cm³/mol. The smallest absolute Gasteiger partial charge is 0.362 e. The van der Waals surface area contributed by atoms with Crippen molar-refractivity contribution >= 4 is 17.9 Å². The zero-order chi connectivity index (χ0) is 41.4. The fourth-order valence-corrected chi connectivity index (χ4v) is 4.85. The molecule has 0 heterocycles. The standard InChI is InChI=1S/C48H71NO7/c1-6-8-10-12-14-16-18-20-21-22-23-24-25-27-29-31-33-35-37-39-47(51)56-44(42-54-41-40-45(48(52)53)49(3,4)5)43-55-46(50)38-36-34-32-30-28-26-19-17-15-13-11-9-7-2/h8-11,13-17,19-21,23-24,26-30,32-33,35,44-45H,6-7,12,18,22,25,31,34,36-43H2,1-5H3/p+1/b10-8+,11-9+,15-13+,16-14+,19-17+,21-20+,24-23+,28-26+,29-27+,32-30+,35-33+. The molecule has 2 unspecified atom stereocenters. The minimum atomic E-state index is -0.904. The molecule has 1 N–H and O–H groups in total. The number of allylic oxidation sites excluding steroid dienone is 22. The Bertz CT molecular complexity index is 1370. The second kappa shape index (κ2) is 37.4. The van der Waals surface area contributed by atoms with E-state index < -0.39 is 24.1 Å². The van der Waals surface area contributed by atoms with Crippen molar-refractivity contribution in [2.24, 2.45) is 0 Å². The molecule has 0 aliphatic heterocycles. The third-order valence-corrected chi connectivity index (χ3v) is 7.94. The maximum absolute atomic E-state index is 12.7. The molecule has 0 spiro atoms. The Morgan fingerprint density at radius 3 is 1.54 bits per heavy atom. The molecule has 0 bridgehead atoms. The first-order valence-electron chi connectivity index (χ1n) is 20.3. The Morgan fingerprint density at radius 1 is 0.554 bits per heavy atom. The number of carboxylic acids is 1. The molecule has 56 heavy (non-hydrogen) atoms. The number of ether oxygens (including phenoxy) is 3. The molecule has 310 valence electrons. The summed E-state index contributed by atoms with van der Waals surface area (Å²) >= 11 is 0. The summed E-state index contributed by atoms with van der Waals surface area (Å²) in [5.41, 5.74) is 0. The van der Waals surface area contributed by atoms with Gasteiger partial charge in [0, 0.05) is 19.3 Å². The van der Waals surface area contributed by atoms with Gasteiger partial charge < -0.3 is 23.8 Å². The van der Waals surface area contributed by atoms with Crippen LogP contribution >= 0.6 is 0 Å². The highest BCUT2D eigenvalue weighted by atomic mass is 16.6. The first kappa shape index (κ1) is 51.5. The molecule has 0 aromatic carbocycles. The lowest BCUT2D eigenvalue weighted by molar-refractivity contribution is -0.887. The van der Waals surface area contributed by atoms with Crippen molar-refractivity contribution in [1.29, 1.82) is 0 Å². The molecule has 0 rings (SSSR count). The number of carbonyl (C=O) groups is 3. The molecular weight excluding hydrogens is 703 g/mol. The second-order valence-electron chi connectivity index (χ2n) is 13.9. The summed E-state index contributed by atoms with van der Waals surface area (Å²) in [4.78, 5) is 36.8. The van der Waals surface area contributed by atoms with E-state index in [2.05, 4.69) is 80.7 Å². The number of carboxylic acid groups (broad SMARTS) is 1. The molecule has 2 atom stereocenters. The molecule has 0 aromatic heterocycles. The molecule has 0 aliphatic carbocycles. The van der Waals surface area contributed by atoms with Crippen LogP contribution in [0.25, 0.3) is 0 Å². The van der Waals surface area contributed by atoms with Gasteiger partial charge in [0.15, 0.2) is 12.1 Å². The van der Waals surface area contributed by atoms with Crippen molar-refractivity contribution in [3.63, 3.8) is 0 Å². The molecule has 0 saturated heterocycles. The number of unbranched alkanes of at least 4 members (excludes halogenated alkanes) is 1. The Balaban J connectivity index is 4.66. The van der Waals surface area contributed by atoms with Gasteiger partial charge in [0.2, 0.25) is 0 Å². The number of aliphatic carboxylic acids is 1. The molecule has 0 saturated carbocycles. The first-order valence-corrected chi connectivity index (χ1v) is 20.3. The minimum Gasteiger partial charge on any atom is -0.477 e. The predicted octanol–water partition coefficient (Wildman–Crippen LogP) is 10.8. The summed E-state index contributed by atoms with van der Waals surface area (Å²) in [5.74, 6) is -1.70. The lowest BCUT2D eigenvalue weighted by Crippen LogP contribution is -2.50. The number of carbonyl (C=O) groups excluding carboxylic acids is 2. The van der Waals surface area contributed by atoms with Gasteiger partial charge in [-0.1, -0.05) is 148 Å². The van der Waals surface area contributed by atoms with Gasteiger partial charge in [0.05, 0.1) is 34.4 Å². The minimum absolute atomic E-state index is 0.00281. The van der Waals surface area contributed by atoms with E-state index in [-0.39, 0.29) is 49.5 Å².